The van der Waals surface area contributed by atoms with Gasteiger partial charge in [0.1, 0.15) is 6.33 Å². The quantitative estimate of drug-likeness (QED) is 0.754. The molecule has 9 nitrogen and oxygen atoms in total. The second kappa shape index (κ2) is 8.28. The van der Waals surface area contributed by atoms with E-state index in [0.29, 0.717) is 18.7 Å². The van der Waals surface area contributed by atoms with Gasteiger partial charge in [0, 0.05) is 50.7 Å². The molecule has 0 N–H and O–H groups in total. The highest BCUT2D eigenvalue weighted by Gasteiger charge is 2.31. The molecule has 9 heteroatoms. The molecule has 0 spiro atoms. The maximum Gasteiger partial charge on any atom is 0.253 e. The zero-order valence-electron chi connectivity index (χ0n) is 17.0. The SMILES string of the molecule is Cc1cc(C(=O)N2CCC(C(=O)N3CCN(C)CC3)CC2)ccc1-n1cnnn1. The number of nitrogens with zero attached hydrogens (tertiary/aromatic N) is 7. The molecule has 1 aromatic carbocycles. The van der Waals surface area contributed by atoms with Gasteiger partial charge in [0.05, 0.1) is 5.69 Å². The number of hydrogen-bond donors (Lipinski definition) is 0. The molecule has 154 valence electrons. The smallest absolute Gasteiger partial charge is 0.253 e. The lowest BCUT2D eigenvalue weighted by atomic mass is 9.94. The number of likely N-dealkylation sites (tertiary alicyclic amines) is 1. The van der Waals surface area contributed by atoms with Crippen LogP contribution in [0, 0.1) is 12.8 Å². The zero-order valence-corrected chi connectivity index (χ0v) is 17.0. The summed E-state index contributed by atoms with van der Waals surface area (Å²) in [5.74, 6) is 0.306. The van der Waals surface area contributed by atoms with Crippen molar-refractivity contribution < 1.29 is 9.59 Å². The fourth-order valence-corrected chi connectivity index (χ4v) is 4.11. The van der Waals surface area contributed by atoms with Crippen LogP contribution in [-0.4, -0.2) is 93.0 Å². The maximum absolute atomic E-state index is 12.9. The van der Waals surface area contributed by atoms with Gasteiger partial charge in [-0.2, -0.15) is 0 Å². The van der Waals surface area contributed by atoms with E-state index in [1.165, 1.54) is 6.33 Å². The first kappa shape index (κ1) is 19.5. The van der Waals surface area contributed by atoms with Gasteiger partial charge in [-0.25, -0.2) is 4.68 Å². The van der Waals surface area contributed by atoms with Crippen molar-refractivity contribution in [2.45, 2.75) is 19.8 Å². The van der Waals surface area contributed by atoms with E-state index in [1.807, 2.05) is 34.9 Å². The molecule has 2 aliphatic rings. The topological polar surface area (TPSA) is 87.5 Å². The van der Waals surface area contributed by atoms with E-state index >= 15 is 0 Å². The Hall–Kier alpha value is -2.81. The summed E-state index contributed by atoms with van der Waals surface area (Å²) >= 11 is 0. The van der Waals surface area contributed by atoms with E-state index in [1.54, 1.807) is 4.68 Å². The summed E-state index contributed by atoms with van der Waals surface area (Å²) in [7, 11) is 2.09. The van der Waals surface area contributed by atoms with Gasteiger partial charge in [-0.05, 0) is 61.0 Å². The highest BCUT2D eigenvalue weighted by Crippen LogP contribution is 2.23. The van der Waals surface area contributed by atoms with Gasteiger partial charge < -0.3 is 14.7 Å². The molecule has 0 bridgehead atoms. The molecule has 29 heavy (non-hydrogen) atoms. The fourth-order valence-electron chi connectivity index (χ4n) is 4.11. The lowest BCUT2D eigenvalue weighted by Gasteiger charge is -2.37. The van der Waals surface area contributed by atoms with Gasteiger partial charge >= 0.3 is 0 Å². The van der Waals surface area contributed by atoms with Crippen LogP contribution in [0.25, 0.3) is 5.69 Å². The third-order valence-electron chi connectivity index (χ3n) is 5.99. The molecule has 2 aliphatic heterocycles. The minimum absolute atomic E-state index is 0.0156. The molecule has 0 atom stereocenters. The molecular weight excluding hydrogens is 370 g/mol. The zero-order chi connectivity index (χ0) is 20.4. The average molecular weight is 397 g/mol. The number of likely N-dealkylation sites (N-methyl/N-ethyl adjacent to an activating group) is 1. The molecule has 4 rings (SSSR count). The van der Waals surface area contributed by atoms with Crippen molar-refractivity contribution in [1.82, 2.24) is 34.9 Å². The van der Waals surface area contributed by atoms with Crippen LogP contribution in [0.2, 0.25) is 0 Å². The van der Waals surface area contributed by atoms with Gasteiger partial charge in [-0.3, -0.25) is 9.59 Å². The molecular formula is C20H27N7O2. The summed E-state index contributed by atoms with van der Waals surface area (Å²) in [6.07, 6.45) is 3.00. The van der Waals surface area contributed by atoms with Gasteiger partial charge in [-0.15, -0.1) is 5.10 Å². The Kier molecular flexibility index (Phi) is 5.57. The second-order valence-corrected chi connectivity index (χ2v) is 7.95. The molecule has 3 heterocycles. The highest BCUT2D eigenvalue weighted by atomic mass is 16.2. The summed E-state index contributed by atoms with van der Waals surface area (Å²) in [6.45, 7) is 6.66. The second-order valence-electron chi connectivity index (χ2n) is 7.95. The molecule has 0 unspecified atom stereocenters. The van der Waals surface area contributed by atoms with Crippen molar-refractivity contribution >= 4 is 11.8 Å². The first-order chi connectivity index (χ1) is 14.0. The summed E-state index contributed by atoms with van der Waals surface area (Å²) in [4.78, 5) is 31.8. The van der Waals surface area contributed by atoms with Crippen molar-refractivity contribution in [3.63, 3.8) is 0 Å². The third kappa shape index (κ3) is 4.14. The molecule has 1 aromatic heterocycles. The predicted octanol–water partition coefficient (Wildman–Crippen LogP) is 0.597. The molecule has 2 aromatic rings. The van der Waals surface area contributed by atoms with Crippen LogP contribution in [0.1, 0.15) is 28.8 Å². The minimum atomic E-state index is 0.0156. The van der Waals surface area contributed by atoms with Crippen LogP contribution >= 0.6 is 0 Å². The van der Waals surface area contributed by atoms with Crippen LogP contribution in [0.3, 0.4) is 0 Å². The first-order valence-electron chi connectivity index (χ1n) is 10.1. The van der Waals surface area contributed by atoms with Crippen molar-refractivity contribution in [1.29, 1.82) is 0 Å². The fraction of sp³-hybridized carbons (Fsp3) is 0.550. The number of piperazine rings is 1. The normalized spacial score (nSPS) is 18.8. The van der Waals surface area contributed by atoms with Crippen molar-refractivity contribution in [2.75, 3.05) is 46.3 Å². The van der Waals surface area contributed by atoms with Gasteiger partial charge in [-0.1, -0.05) is 0 Å². The number of tetrazole rings is 1. The lowest BCUT2D eigenvalue weighted by Crippen LogP contribution is -2.51. The van der Waals surface area contributed by atoms with Gasteiger partial charge in [0.15, 0.2) is 0 Å². The first-order valence-corrected chi connectivity index (χ1v) is 10.1. The largest absolute Gasteiger partial charge is 0.340 e. The summed E-state index contributed by atoms with van der Waals surface area (Å²) in [5.41, 5.74) is 2.44. The number of piperidine rings is 1. The number of amides is 2. The Bertz CT molecular complexity index is 867. The van der Waals surface area contributed by atoms with Gasteiger partial charge in [0.2, 0.25) is 5.91 Å². The van der Waals surface area contributed by atoms with Gasteiger partial charge in [0.25, 0.3) is 5.91 Å². The van der Waals surface area contributed by atoms with E-state index in [-0.39, 0.29) is 17.7 Å². The number of rotatable bonds is 3. The Morgan fingerprint density at radius 2 is 1.72 bits per heavy atom. The van der Waals surface area contributed by atoms with E-state index in [4.69, 9.17) is 0 Å². The van der Waals surface area contributed by atoms with E-state index < -0.39 is 0 Å². The Morgan fingerprint density at radius 3 is 2.34 bits per heavy atom. The van der Waals surface area contributed by atoms with E-state index in [9.17, 15) is 9.59 Å². The predicted molar refractivity (Wildman–Crippen MR) is 107 cm³/mol. The molecule has 0 saturated carbocycles. The molecule has 2 amide bonds. The van der Waals surface area contributed by atoms with E-state index in [0.717, 1.165) is 50.3 Å². The Morgan fingerprint density at radius 1 is 1.00 bits per heavy atom. The Balaban J connectivity index is 1.35. The van der Waals surface area contributed by atoms with Crippen LogP contribution in [0.15, 0.2) is 24.5 Å². The summed E-state index contributed by atoms with van der Waals surface area (Å²) in [6, 6.07) is 5.55. The Labute approximate surface area is 170 Å². The van der Waals surface area contributed by atoms with Crippen LogP contribution in [0.5, 0.6) is 0 Å². The van der Waals surface area contributed by atoms with Crippen LogP contribution < -0.4 is 0 Å². The number of aromatic nitrogens is 4. The lowest BCUT2D eigenvalue weighted by molar-refractivity contribution is -0.138. The average Bonchev–Trinajstić information content (AvgIpc) is 3.28. The number of hydrogen-bond acceptors (Lipinski definition) is 6. The highest BCUT2D eigenvalue weighted by molar-refractivity contribution is 5.95. The molecule has 2 saturated heterocycles. The number of carbonyl (C=O) groups is 2. The van der Waals surface area contributed by atoms with Crippen molar-refractivity contribution in [3.05, 3.63) is 35.7 Å². The summed E-state index contributed by atoms with van der Waals surface area (Å²) < 4.78 is 1.58. The standard InChI is InChI=1S/C20H27N7O2/c1-15-13-17(3-4-18(15)27-14-21-22-23-27)20(29)25-7-5-16(6-8-25)19(28)26-11-9-24(2)10-12-26/h3-4,13-14,16H,5-12H2,1-2H3. The number of benzene rings is 1. The third-order valence-corrected chi connectivity index (χ3v) is 5.99. The number of aryl methyl sites for hydroxylation is 1. The molecule has 0 radical (unpaired) electrons. The molecule has 0 aliphatic carbocycles. The van der Waals surface area contributed by atoms with Crippen molar-refractivity contribution in [2.24, 2.45) is 5.92 Å². The van der Waals surface area contributed by atoms with Crippen molar-refractivity contribution in [3.8, 4) is 5.69 Å². The monoisotopic (exact) mass is 397 g/mol. The summed E-state index contributed by atoms with van der Waals surface area (Å²) in [5, 5.41) is 11.2. The van der Waals surface area contributed by atoms with E-state index in [2.05, 4.69) is 27.5 Å². The number of carbonyl (C=O) groups excluding carboxylic acids is 2. The minimum Gasteiger partial charge on any atom is -0.340 e. The molecule has 2 fully saturated rings. The van der Waals surface area contributed by atoms with Crippen LogP contribution in [-0.2, 0) is 4.79 Å². The van der Waals surface area contributed by atoms with Crippen LogP contribution in [0.4, 0.5) is 0 Å². The maximum atomic E-state index is 12.9.